The molecule has 1 amide bonds. The molecule has 0 saturated carbocycles. The molecule has 3 nitrogen and oxygen atoms in total. The number of carbonyl (C=O) groups excluding carboxylic acids is 2. The van der Waals surface area contributed by atoms with Crippen LogP contribution in [0.5, 0.6) is 0 Å². The maximum atomic E-state index is 11.8. The molecule has 2 aromatic rings. The monoisotopic (exact) mass is 267 g/mol. The van der Waals surface area contributed by atoms with E-state index in [-0.39, 0.29) is 11.7 Å². The van der Waals surface area contributed by atoms with Crippen LogP contribution in [0, 0.1) is 0 Å². The van der Waals surface area contributed by atoms with Crippen molar-refractivity contribution >= 4 is 11.7 Å². The van der Waals surface area contributed by atoms with Crippen LogP contribution in [0.2, 0.25) is 0 Å². The molecule has 0 spiro atoms. The fourth-order valence-corrected chi connectivity index (χ4v) is 1.91. The van der Waals surface area contributed by atoms with E-state index < -0.39 is 0 Å². The number of benzene rings is 2. The maximum absolute atomic E-state index is 11.8. The molecule has 20 heavy (non-hydrogen) atoms. The largest absolute Gasteiger partial charge is 0.352 e. The van der Waals surface area contributed by atoms with E-state index in [2.05, 4.69) is 5.32 Å². The summed E-state index contributed by atoms with van der Waals surface area (Å²) >= 11 is 0. The highest BCUT2D eigenvalue weighted by molar-refractivity contribution is 5.96. The first-order chi connectivity index (χ1) is 9.77. The quantitative estimate of drug-likeness (QED) is 0.646. The van der Waals surface area contributed by atoms with Gasteiger partial charge in [-0.1, -0.05) is 48.5 Å². The van der Waals surface area contributed by atoms with Gasteiger partial charge in [-0.3, -0.25) is 9.59 Å². The van der Waals surface area contributed by atoms with Gasteiger partial charge in [-0.25, -0.2) is 0 Å². The number of carbonyl (C=O) groups is 2. The van der Waals surface area contributed by atoms with Crippen LogP contribution >= 0.6 is 0 Å². The Bertz CT molecular complexity index is 511. The lowest BCUT2D eigenvalue weighted by Gasteiger charge is -2.05. The SMILES string of the molecule is O=C(CCCNC(=O)c1ccccc1)c1ccccc1. The number of hydrogen-bond acceptors (Lipinski definition) is 2. The van der Waals surface area contributed by atoms with E-state index >= 15 is 0 Å². The van der Waals surface area contributed by atoms with Gasteiger partial charge in [-0.05, 0) is 18.6 Å². The molecule has 0 aliphatic rings. The highest BCUT2D eigenvalue weighted by Gasteiger charge is 2.06. The van der Waals surface area contributed by atoms with Crippen LogP contribution in [0.3, 0.4) is 0 Å². The number of amides is 1. The third-order valence-electron chi connectivity index (χ3n) is 3.00. The fraction of sp³-hybridized carbons (Fsp3) is 0.176. The molecular weight excluding hydrogens is 250 g/mol. The van der Waals surface area contributed by atoms with Crippen LogP contribution in [0.25, 0.3) is 0 Å². The molecule has 102 valence electrons. The zero-order valence-electron chi connectivity index (χ0n) is 11.2. The Kier molecular flexibility index (Phi) is 5.07. The molecule has 0 bridgehead atoms. The van der Waals surface area contributed by atoms with Crippen molar-refractivity contribution in [2.45, 2.75) is 12.8 Å². The molecule has 0 radical (unpaired) electrons. The second-order valence-electron chi connectivity index (χ2n) is 4.51. The minimum Gasteiger partial charge on any atom is -0.352 e. The standard InChI is InChI=1S/C17H17NO2/c19-16(14-8-3-1-4-9-14)12-7-13-18-17(20)15-10-5-2-6-11-15/h1-6,8-11H,7,12-13H2,(H,18,20). The Labute approximate surface area is 118 Å². The molecule has 1 N–H and O–H groups in total. The molecular formula is C17H17NO2. The van der Waals surface area contributed by atoms with Crippen LogP contribution < -0.4 is 5.32 Å². The summed E-state index contributed by atoms with van der Waals surface area (Å²) in [5.74, 6) is 0.0114. The Hall–Kier alpha value is -2.42. The molecule has 3 heteroatoms. The van der Waals surface area contributed by atoms with Crippen LogP contribution in [0.15, 0.2) is 60.7 Å². The van der Waals surface area contributed by atoms with Crippen molar-refractivity contribution in [3.05, 3.63) is 71.8 Å². The fourth-order valence-electron chi connectivity index (χ4n) is 1.91. The van der Waals surface area contributed by atoms with Crippen molar-refractivity contribution < 1.29 is 9.59 Å². The Balaban J connectivity index is 1.72. The third kappa shape index (κ3) is 4.05. The Morgan fingerprint density at radius 3 is 1.95 bits per heavy atom. The molecule has 0 saturated heterocycles. The summed E-state index contributed by atoms with van der Waals surface area (Å²) in [6.07, 6.45) is 1.09. The van der Waals surface area contributed by atoms with E-state index in [4.69, 9.17) is 0 Å². The molecule has 2 aromatic carbocycles. The van der Waals surface area contributed by atoms with Gasteiger partial charge in [0.25, 0.3) is 5.91 Å². The summed E-state index contributed by atoms with van der Waals surface area (Å²) in [7, 11) is 0. The van der Waals surface area contributed by atoms with Gasteiger partial charge in [0.15, 0.2) is 5.78 Å². The van der Waals surface area contributed by atoms with Gasteiger partial charge in [-0.15, -0.1) is 0 Å². The second-order valence-corrected chi connectivity index (χ2v) is 4.51. The van der Waals surface area contributed by atoms with Gasteiger partial charge in [0.2, 0.25) is 0 Å². The lowest BCUT2D eigenvalue weighted by molar-refractivity contribution is 0.0938. The molecule has 2 rings (SSSR count). The molecule has 0 aliphatic carbocycles. The summed E-state index contributed by atoms with van der Waals surface area (Å²) < 4.78 is 0. The lowest BCUT2D eigenvalue weighted by atomic mass is 10.1. The molecule has 0 aromatic heterocycles. The summed E-state index contributed by atoms with van der Waals surface area (Å²) in [4.78, 5) is 23.6. The van der Waals surface area contributed by atoms with Crippen molar-refractivity contribution in [3.63, 3.8) is 0 Å². The summed E-state index contributed by atoms with van der Waals surface area (Å²) in [5, 5.41) is 2.81. The Morgan fingerprint density at radius 1 is 0.800 bits per heavy atom. The van der Waals surface area contributed by atoms with Gasteiger partial charge < -0.3 is 5.32 Å². The van der Waals surface area contributed by atoms with Crippen LogP contribution in [0.4, 0.5) is 0 Å². The van der Waals surface area contributed by atoms with Gasteiger partial charge in [-0.2, -0.15) is 0 Å². The minimum absolute atomic E-state index is 0.0993. The number of nitrogens with one attached hydrogen (secondary N) is 1. The summed E-state index contributed by atoms with van der Waals surface area (Å²) in [5.41, 5.74) is 1.36. The van der Waals surface area contributed by atoms with Crippen molar-refractivity contribution in [1.29, 1.82) is 0 Å². The van der Waals surface area contributed by atoms with Crippen LogP contribution in [-0.4, -0.2) is 18.2 Å². The summed E-state index contributed by atoms with van der Waals surface area (Å²) in [6.45, 7) is 0.506. The molecule has 0 unspecified atom stereocenters. The highest BCUT2D eigenvalue weighted by Crippen LogP contribution is 2.04. The van der Waals surface area contributed by atoms with E-state index in [1.54, 1.807) is 12.1 Å². The summed E-state index contributed by atoms with van der Waals surface area (Å²) in [6, 6.07) is 18.3. The van der Waals surface area contributed by atoms with Crippen molar-refractivity contribution in [2.75, 3.05) is 6.54 Å². The minimum atomic E-state index is -0.0993. The predicted molar refractivity (Wildman–Crippen MR) is 78.8 cm³/mol. The molecule has 0 aliphatic heterocycles. The van der Waals surface area contributed by atoms with Crippen molar-refractivity contribution in [3.8, 4) is 0 Å². The maximum Gasteiger partial charge on any atom is 0.251 e. The van der Waals surface area contributed by atoms with Crippen molar-refractivity contribution in [1.82, 2.24) is 5.32 Å². The van der Waals surface area contributed by atoms with E-state index in [0.29, 0.717) is 24.9 Å². The number of rotatable bonds is 6. The Morgan fingerprint density at radius 2 is 1.35 bits per heavy atom. The molecule has 0 atom stereocenters. The van der Waals surface area contributed by atoms with Gasteiger partial charge in [0, 0.05) is 24.1 Å². The van der Waals surface area contributed by atoms with E-state index in [1.807, 2.05) is 48.5 Å². The smallest absolute Gasteiger partial charge is 0.251 e. The first kappa shape index (κ1) is 14.0. The van der Waals surface area contributed by atoms with Gasteiger partial charge in [0.05, 0.1) is 0 Å². The average Bonchev–Trinajstić information content (AvgIpc) is 2.53. The van der Waals surface area contributed by atoms with Crippen LogP contribution in [0.1, 0.15) is 33.6 Å². The van der Waals surface area contributed by atoms with Gasteiger partial charge in [0.1, 0.15) is 0 Å². The van der Waals surface area contributed by atoms with E-state index in [0.717, 1.165) is 5.56 Å². The topological polar surface area (TPSA) is 46.2 Å². The molecule has 0 heterocycles. The first-order valence-corrected chi connectivity index (χ1v) is 6.69. The lowest BCUT2D eigenvalue weighted by Crippen LogP contribution is -2.24. The first-order valence-electron chi connectivity index (χ1n) is 6.69. The number of Topliss-reactive ketones (excluding diaryl/α,β-unsaturated/α-hetero) is 1. The highest BCUT2D eigenvalue weighted by atomic mass is 16.1. The normalized spacial score (nSPS) is 10.0. The zero-order valence-corrected chi connectivity index (χ0v) is 11.2. The predicted octanol–water partition coefficient (Wildman–Crippen LogP) is 3.08. The van der Waals surface area contributed by atoms with E-state index in [9.17, 15) is 9.59 Å². The third-order valence-corrected chi connectivity index (χ3v) is 3.00. The second kappa shape index (κ2) is 7.24. The van der Waals surface area contributed by atoms with Gasteiger partial charge >= 0.3 is 0 Å². The number of ketones is 1. The number of hydrogen-bond donors (Lipinski definition) is 1. The molecule has 0 fully saturated rings. The van der Waals surface area contributed by atoms with E-state index in [1.165, 1.54) is 0 Å². The average molecular weight is 267 g/mol. The van der Waals surface area contributed by atoms with Crippen molar-refractivity contribution in [2.24, 2.45) is 0 Å². The van der Waals surface area contributed by atoms with Crippen LogP contribution in [-0.2, 0) is 0 Å². The zero-order chi connectivity index (χ0) is 14.2.